The summed E-state index contributed by atoms with van der Waals surface area (Å²) >= 11 is 0. The molecule has 0 aliphatic carbocycles. The molecule has 1 amide bonds. The SMILES string of the molecule is C=C(C)C(=O)OCCNC(=O)c1ccc(C(=C\C=C2/N(CCCS(=O)(=O)[O-])c3ccc(S(=O)(=O)[O-])cc3C2(C)C)/C=C/C2=[N+](CCCS(=O)(=O)[O-])c3ccc(S(=O)(=O)[O-])cc3C2(C)C)cc1.[K+].[K+].[K+]. The molecule has 0 atom stereocenters. The predicted octanol–water partition coefficient (Wildman–Crippen LogP) is -5.08. The molecule has 0 unspecified atom stereocenters. The van der Waals surface area contributed by atoms with Crippen LogP contribution >= 0.6 is 0 Å². The van der Waals surface area contributed by atoms with E-state index in [0.29, 0.717) is 45.0 Å². The van der Waals surface area contributed by atoms with Crippen molar-refractivity contribution in [1.82, 2.24) is 5.32 Å². The van der Waals surface area contributed by atoms with Crippen molar-refractivity contribution < 1.29 is 225 Å². The topological polar surface area (TPSA) is 290 Å². The Balaban J connectivity index is 0.00000544. The summed E-state index contributed by atoms with van der Waals surface area (Å²) in [6.45, 7) is 12.0. The Bertz CT molecular complexity index is 3060. The molecule has 0 fully saturated rings. The number of carbonyl (C=O) groups excluding carboxylic acids is 2. The summed E-state index contributed by atoms with van der Waals surface area (Å²) in [4.78, 5) is 25.5. The zero-order chi connectivity index (χ0) is 49.2. The molecule has 0 bridgehead atoms. The van der Waals surface area contributed by atoms with Crippen LogP contribution in [0.3, 0.4) is 0 Å². The van der Waals surface area contributed by atoms with Crippen LogP contribution in [0.1, 0.15) is 74.5 Å². The monoisotopic (exact) mass is 1100 g/mol. The Morgan fingerprint density at radius 1 is 0.754 bits per heavy atom. The third kappa shape index (κ3) is 17.0. The molecule has 25 heteroatoms. The summed E-state index contributed by atoms with van der Waals surface area (Å²) in [5.41, 5.74) is 2.25. The van der Waals surface area contributed by atoms with Gasteiger partial charge in [0.15, 0.2) is 5.71 Å². The summed E-state index contributed by atoms with van der Waals surface area (Å²) < 4.78 is 149. The number of nitrogens with one attached hydrogen (secondary N) is 1. The summed E-state index contributed by atoms with van der Waals surface area (Å²) in [6.07, 6.45) is 6.57. The van der Waals surface area contributed by atoms with Crippen molar-refractivity contribution in [3.63, 3.8) is 0 Å². The maximum Gasteiger partial charge on any atom is 1.00 e. The fraction of sp³-hybridized carbons (Fsp3) is 0.341. The first kappa shape index (κ1) is 64.7. The first-order chi connectivity index (χ1) is 30.4. The number of allylic oxidation sites excluding steroid dienone is 6. The second-order valence-corrected chi connectivity index (χ2v) is 22.5. The Kier molecular flexibility index (Phi) is 24.3. The van der Waals surface area contributed by atoms with Crippen LogP contribution in [0.4, 0.5) is 11.4 Å². The van der Waals surface area contributed by atoms with E-state index in [-0.39, 0.29) is 204 Å². The van der Waals surface area contributed by atoms with Crippen molar-refractivity contribution in [3.05, 3.63) is 125 Å². The number of fused-ring (bicyclic) bond motifs is 2. The van der Waals surface area contributed by atoms with Crippen molar-refractivity contribution in [2.75, 3.05) is 42.6 Å². The number of esters is 1. The minimum atomic E-state index is -4.88. The number of carbonyl (C=O) groups is 2. The van der Waals surface area contributed by atoms with Gasteiger partial charge in [-0.05, 0) is 98.5 Å². The van der Waals surface area contributed by atoms with Crippen molar-refractivity contribution in [3.8, 4) is 0 Å². The van der Waals surface area contributed by atoms with E-state index >= 15 is 0 Å². The van der Waals surface area contributed by atoms with E-state index in [2.05, 4.69) is 11.9 Å². The van der Waals surface area contributed by atoms with Crippen LogP contribution in [0.2, 0.25) is 0 Å². The summed E-state index contributed by atoms with van der Waals surface area (Å²) in [7, 11) is -19.0. The molecule has 0 aromatic heterocycles. The largest absolute Gasteiger partial charge is 1.00 e. The molecule has 2 aliphatic rings. The van der Waals surface area contributed by atoms with Crippen molar-refractivity contribution in [2.45, 2.75) is 68.1 Å². The van der Waals surface area contributed by atoms with Gasteiger partial charge in [0, 0.05) is 70.1 Å². The van der Waals surface area contributed by atoms with Gasteiger partial charge in [-0.15, -0.1) is 0 Å². The molecule has 5 rings (SSSR count). The molecule has 1 N–H and O–H groups in total. The van der Waals surface area contributed by atoms with Crippen LogP contribution in [-0.2, 0) is 60.8 Å². The molecule has 0 radical (unpaired) electrons. The zero-order valence-corrected chi connectivity index (χ0v) is 52.2. The van der Waals surface area contributed by atoms with E-state index in [1.54, 1.807) is 85.7 Å². The molecular formula is C44H48K3N3O15S4. The van der Waals surface area contributed by atoms with E-state index in [9.17, 15) is 61.5 Å². The molecule has 2 aliphatic heterocycles. The van der Waals surface area contributed by atoms with E-state index < -0.39 is 84.5 Å². The number of amides is 1. The molecule has 356 valence electrons. The van der Waals surface area contributed by atoms with Gasteiger partial charge in [-0.1, -0.05) is 38.6 Å². The van der Waals surface area contributed by atoms with Crippen LogP contribution in [0.15, 0.2) is 113 Å². The molecule has 0 saturated heterocycles. The number of nitrogens with zero attached hydrogens (tertiary/aromatic N) is 2. The normalized spacial score (nSPS) is 16.0. The molecule has 3 aromatic rings. The third-order valence-corrected chi connectivity index (χ3v) is 14.4. The minimum Gasteiger partial charge on any atom is -0.748 e. The molecule has 18 nitrogen and oxygen atoms in total. The summed E-state index contributed by atoms with van der Waals surface area (Å²) in [5, 5.41) is 2.66. The standard InChI is InChI=1S/C44H51N3O15S4.3K/c1-29(2)42(49)62-24-21-45-41(48)32-11-9-30(10-12-32)31(13-19-39-43(3,4)35-27-33(65(56,57)58)15-17-37(35)46(39)22-7-25-63(50,51)52)14-20-40-44(5,6)36-28-34(66(59,60)61)16-18-38(36)47(40)23-8-26-64(53,54)55;;;/h9-20,27-28H,1,7-8,21-26H2,2-6H3,(H4-,45,48,50,51,52,53,54,55,56,57,58,59,60,61);;;/q;3*+1/p-3. The summed E-state index contributed by atoms with van der Waals surface area (Å²) in [6, 6.07) is 14.0. The number of rotatable bonds is 19. The van der Waals surface area contributed by atoms with Crippen molar-refractivity contribution in [2.24, 2.45) is 0 Å². The van der Waals surface area contributed by atoms with Gasteiger partial charge in [-0.25, -0.2) is 38.5 Å². The predicted molar refractivity (Wildman–Crippen MR) is 240 cm³/mol. The van der Waals surface area contributed by atoms with E-state index in [0.717, 1.165) is 12.1 Å². The fourth-order valence-corrected chi connectivity index (χ4v) is 9.79. The maximum absolute atomic E-state index is 13.1. The van der Waals surface area contributed by atoms with Crippen LogP contribution in [0, 0.1) is 0 Å². The first-order valence-electron chi connectivity index (χ1n) is 20.2. The number of anilines is 1. The summed E-state index contributed by atoms with van der Waals surface area (Å²) in [5.74, 6) is -2.48. The molecular weight excluding hydrogens is 1060 g/mol. The smallest absolute Gasteiger partial charge is 0.748 e. The number of hydrogen-bond acceptors (Lipinski definition) is 16. The van der Waals surface area contributed by atoms with E-state index in [4.69, 9.17) is 4.74 Å². The maximum atomic E-state index is 13.1. The second-order valence-electron chi connectivity index (χ2n) is 16.7. The van der Waals surface area contributed by atoms with Gasteiger partial charge >= 0.3 is 160 Å². The number of hydrogen-bond donors (Lipinski definition) is 1. The third-order valence-electron chi connectivity index (χ3n) is 11.1. The van der Waals surface area contributed by atoms with Crippen LogP contribution in [-0.4, -0.2) is 112 Å². The van der Waals surface area contributed by atoms with Crippen molar-refractivity contribution in [1.29, 1.82) is 0 Å². The van der Waals surface area contributed by atoms with Gasteiger partial charge in [-0.3, -0.25) is 4.79 Å². The van der Waals surface area contributed by atoms with Gasteiger partial charge in [-0.2, -0.15) is 4.58 Å². The molecule has 0 saturated carbocycles. The van der Waals surface area contributed by atoms with Crippen LogP contribution in [0.25, 0.3) is 5.57 Å². The van der Waals surface area contributed by atoms with Gasteiger partial charge in [0.1, 0.15) is 33.4 Å². The van der Waals surface area contributed by atoms with Crippen LogP contribution < -0.4 is 164 Å². The van der Waals surface area contributed by atoms with Gasteiger partial charge in [0.05, 0.1) is 42.0 Å². The Morgan fingerprint density at radius 3 is 1.84 bits per heavy atom. The first-order valence-corrected chi connectivity index (χ1v) is 26.2. The second kappa shape index (κ2) is 25.9. The van der Waals surface area contributed by atoms with E-state index in [1.807, 2.05) is 0 Å². The minimum absolute atomic E-state index is 0. The molecule has 69 heavy (non-hydrogen) atoms. The Morgan fingerprint density at radius 2 is 1.29 bits per heavy atom. The molecule has 0 spiro atoms. The fourth-order valence-electron chi connectivity index (χ4n) is 7.83. The molecule has 2 heterocycles. The quantitative estimate of drug-likeness (QED) is 0.0224. The average Bonchev–Trinajstić information content (AvgIpc) is 3.55. The van der Waals surface area contributed by atoms with Gasteiger partial charge < -0.3 is 33.2 Å². The van der Waals surface area contributed by atoms with Gasteiger partial charge in [0.25, 0.3) is 5.91 Å². The Labute approximate surface area is 531 Å². The average molecular weight is 1100 g/mol. The number of ether oxygens (including phenoxy) is 1. The zero-order valence-electron chi connectivity index (χ0n) is 39.6. The van der Waals surface area contributed by atoms with E-state index in [1.165, 1.54) is 31.2 Å². The number of benzene rings is 3. The molecule has 3 aromatic carbocycles. The van der Waals surface area contributed by atoms with Crippen LogP contribution in [0.5, 0.6) is 0 Å². The van der Waals surface area contributed by atoms with Crippen molar-refractivity contribution >= 4 is 75.0 Å². The Hall–Kier alpha value is -0.421. The van der Waals surface area contributed by atoms with Gasteiger partial charge in [0.2, 0.25) is 5.69 Å².